The number of hydrogen-bond acceptors (Lipinski definition) is 2. The summed E-state index contributed by atoms with van der Waals surface area (Å²) in [6, 6.07) is 6.04. The molecule has 1 aliphatic heterocycles. The molecule has 4 nitrogen and oxygen atoms in total. The van der Waals surface area contributed by atoms with Gasteiger partial charge in [0, 0.05) is 6.54 Å². The van der Waals surface area contributed by atoms with Gasteiger partial charge in [0.05, 0.1) is 11.0 Å². The normalized spacial score (nSPS) is 14.2. The second-order valence-electron chi connectivity index (χ2n) is 4.14. The molecule has 1 N–H and O–H groups in total. The largest absolute Gasteiger partial charge is 0.481 e. The highest BCUT2D eigenvalue weighted by Crippen LogP contribution is 2.26. The number of carboxylic acid groups (broad SMARTS) is 1. The monoisotopic (exact) mass is 216 g/mol. The Morgan fingerprint density at radius 3 is 3.19 bits per heavy atom. The van der Waals surface area contributed by atoms with E-state index in [-0.39, 0.29) is 6.42 Å². The second kappa shape index (κ2) is 3.33. The van der Waals surface area contributed by atoms with Gasteiger partial charge in [0.1, 0.15) is 12.2 Å². The molecule has 1 aromatic carbocycles. The molecule has 16 heavy (non-hydrogen) atoms. The topological polar surface area (TPSA) is 55.1 Å². The lowest BCUT2D eigenvalue weighted by Gasteiger charge is -2.15. The van der Waals surface area contributed by atoms with Gasteiger partial charge < -0.3 is 9.67 Å². The van der Waals surface area contributed by atoms with Crippen LogP contribution in [-0.4, -0.2) is 20.6 Å². The van der Waals surface area contributed by atoms with Crippen LogP contribution in [0.15, 0.2) is 18.2 Å². The Hall–Kier alpha value is -1.84. The standard InChI is InChI=1S/C12H12N2O2/c15-11(16)7-10-13-9-5-1-3-8-4-2-6-14(10)12(8)9/h1,3,5H,2,4,6-7H2,(H,15,16). The van der Waals surface area contributed by atoms with E-state index in [9.17, 15) is 4.79 Å². The van der Waals surface area contributed by atoms with Crippen molar-refractivity contribution in [1.82, 2.24) is 9.55 Å². The molecule has 0 amide bonds. The zero-order chi connectivity index (χ0) is 11.1. The summed E-state index contributed by atoms with van der Waals surface area (Å²) in [5.74, 6) is -0.145. The highest BCUT2D eigenvalue weighted by molar-refractivity contribution is 5.81. The minimum absolute atomic E-state index is 0.00806. The van der Waals surface area contributed by atoms with Crippen LogP contribution in [-0.2, 0) is 24.2 Å². The number of nitrogens with zero attached hydrogens (tertiary/aromatic N) is 2. The van der Waals surface area contributed by atoms with Crippen molar-refractivity contribution in [2.24, 2.45) is 0 Å². The van der Waals surface area contributed by atoms with E-state index in [4.69, 9.17) is 5.11 Å². The van der Waals surface area contributed by atoms with Crippen molar-refractivity contribution in [2.75, 3.05) is 0 Å². The minimum Gasteiger partial charge on any atom is -0.481 e. The van der Waals surface area contributed by atoms with Gasteiger partial charge in [-0.05, 0) is 24.5 Å². The first kappa shape index (κ1) is 9.39. The van der Waals surface area contributed by atoms with Crippen LogP contribution >= 0.6 is 0 Å². The van der Waals surface area contributed by atoms with Crippen molar-refractivity contribution < 1.29 is 9.90 Å². The zero-order valence-electron chi connectivity index (χ0n) is 8.81. The molecule has 0 saturated heterocycles. The average Bonchev–Trinajstić information content (AvgIpc) is 2.59. The van der Waals surface area contributed by atoms with Gasteiger partial charge in [0.2, 0.25) is 0 Å². The number of aliphatic carboxylic acids is 1. The van der Waals surface area contributed by atoms with E-state index in [2.05, 4.69) is 15.6 Å². The summed E-state index contributed by atoms with van der Waals surface area (Å²) < 4.78 is 2.06. The maximum absolute atomic E-state index is 10.8. The molecule has 82 valence electrons. The van der Waals surface area contributed by atoms with Gasteiger partial charge in [-0.1, -0.05) is 12.1 Å². The van der Waals surface area contributed by atoms with E-state index >= 15 is 0 Å². The highest BCUT2D eigenvalue weighted by Gasteiger charge is 2.18. The third kappa shape index (κ3) is 1.30. The molecule has 0 saturated carbocycles. The predicted molar refractivity (Wildman–Crippen MR) is 59.4 cm³/mol. The maximum atomic E-state index is 10.8. The number of rotatable bonds is 2. The molecule has 1 aromatic heterocycles. The zero-order valence-corrected chi connectivity index (χ0v) is 8.81. The molecule has 0 fully saturated rings. The number of hydrogen-bond donors (Lipinski definition) is 1. The van der Waals surface area contributed by atoms with Crippen LogP contribution < -0.4 is 0 Å². The fourth-order valence-corrected chi connectivity index (χ4v) is 2.45. The number of aromatic nitrogens is 2. The van der Waals surface area contributed by atoms with Crippen LogP contribution in [0.2, 0.25) is 0 Å². The second-order valence-corrected chi connectivity index (χ2v) is 4.14. The molecular formula is C12H12N2O2. The Morgan fingerprint density at radius 2 is 2.38 bits per heavy atom. The number of carbonyl (C=O) groups is 1. The summed E-state index contributed by atoms with van der Waals surface area (Å²) in [6.07, 6.45) is 2.14. The van der Waals surface area contributed by atoms with Crippen LogP contribution in [0.25, 0.3) is 11.0 Å². The summed E-state index contributed by atoms with van der Waals surface area (Å²) in [7, 11) is 0. The summed E-state index contributed by atoms with van der Waals surface area (Å²) in [4.78, 5) is 15.2. The van der Waals surface area contributed by atoms with Gasteiger partial charge in [0.25, 0.3) is 0 Å². The van der Waals surface area contributed by atoms with Crippen molar-refractivity contribution in [3.8, 4) is 0 Å². The SMILES string of the molecule is O=C(O)Cc1nc2cccc3c2n1CCC3. The van der Waals surface area contributed by atoms with Gasteiger partial charge in [-0.15, -0.1) is 0 Å². The molecule has 2 aromatic rings. The smallest absolute Gasteiger partial charge is 0.311 e. The summed E-state index contributed by atoms with van der Waals surface area (Å²) in [5.41, 5.74) is 3.34. The van der Waals surface area contributed by atoms with Crippen LogP contribution in [0.5, 0.6) is 0 Å². The third-order valence-electron chi connectivity index (χ3n) is 3.07. The Balaban J connectivity index is 2.25. The van der Waals surface area contributed by atoms with Gasteiger partial charge in [0.15, 0.2) is 0 Å². The maximum Gasteiger partial charge on any atom is 0.311 e. The van der Waals surface area contributed by atoms with Crippen molar-refractivity contribution in [1.29, 1.82) is 0 Å². The first-order chi connectivity index (χ1) is 7.75. The van der Waals surface area contributed by atoms with E-state index in [1.54, 1.807) is 0 Å². The molecule has 0 aliphatic carbocycles. The van der Waals surface area contributed by atoms with Crippen molar-refractivity contribution in [3.63, 3.8) is 0 Å². The Bertz CT molecular complexity index is 572. The van der Waals surface area contributed by atoms with Gasteiger partial charge in [-0.2, -0.15) is 0 Å². The van der Waals surface area contributed by atoms with Crippen LogP contribution in [0, 0.1) is 0 Å². The number of carboxylic acids is 1. The molecule has 0 bridgehead atoms. The molecule has 3 rings (SSSR count). The molecular weight excluding hydrogens is 204 g/mol. The molecule has 0 unspecified atom stereocenters. The molecule has 0 spiro atoms. The van der Waals surface area contributed by atoms with Crippen molar-refractivity contribution in [3.05, 3.63) is 29.6 Å². The number of para-hydroxylation sites is 1. The molecule has 0 atom stereocenters. The van der Waals surface area contributed by atoms with E-state index in [1.807, 2.05) is 12.1 Å². The molecule has 4 heteroatoms. The fourth-order valence-electron chi connectivity index (χ4n) is 2.45. The fraction of sp³-hybridized carbons (Fsp3) is 0.333. The highest BCUT2D eigenvalue weighted by atomic mass is 16.4. The van der Waals surface area contributed by atoms with Crippen LogP contribution in [0.3, 0.4) is 0 Å². The van der Waals surface area contributed by atoms with E-state index in [0.717, 1.165) is 30.4 Å². The first-order valence-corrected chi connectivity index (χ1v) is 5.44. The predicted octanol–water partition coefficient (Wildman–Crippen LogP) is 1.61. The van der Waals surface area contributed by atoms with Crippen molar-refractivity contribution in [2.45, 2.75) is 25.8 Å². The minimum atomic E-state index is -0.821. The number of imidazole rings is 1. The number of benzene rings is 1. The quantitative estimate of drug-likeness (QED) is 0.829. The Labute approximate surface area is 92.5 Å². The van der Waals surface area contributed by atoms with E-state index in [1.165, 1.54) is 5.56 Å². The lowest BCUT2D eigenvalue weighted by molar-refractivity contribution is -0.136. The van der Waals surface area contributed by atoms with E-state index < -0.39 is 5.97 Å². The lowest BCUT2D eigenvalue weighted by atomic mass is 10.0. The van der Waals surface area contributed by atoms with E-state index in [0.29, 0.717) is 5.82 Å². The first-order valence-electron chi connectivity index (χ1n) is 5.44. The Morgan fingerprint density at radius 1 is 1.50 bits per heavy atom. The Kier molecular flexibility index (Phi) is 1.96. The van der Waals surface area contributed by atoms with Gasteiger partial charge in [-0.25, -0.2) is 4.98 Å². The summed E-state index contributed by atoms with van der Waals surface area (Å²) in [6.45, 7) is 0.885. The summed E-state index contributed by atoms with van der Waals surface area (Å²) >= 11 is 0. The third-order valence-corrected chi connectivity index (χ3v) is 3.07. The van der Waals surface area contributed by atoms with Gasteiger partial charge in [-0.3, -0.25) is 4.79 Å². The van der Waals surface area contributed by atoms with Crippen LogP contribution in [0.1, 0.15) is 17.8 Å². The van der Waals surface area contributed by atoms with Crippen molar-refractivity contribution >= 4 is 17.0 Å². The molecule has 2 heterocycles. The van der Waals surface area contributed by atoms with Gasteiger partial charge >= 0.3 is 5.97 Å². The number of aryl methyl sites for hydroxylation is 2. The molecule has 0 radical (unpaired) electrons. The van der Waals surface area contributed by atoms with Crippen LogP contribution in [0.4, 0.5) is 0 Å². The molecule has 1 aliphatic rings. The lowest BCUT2D eigenvalue weighted by Crippen LogP contribution is -2.13. The summed E-state index contributed by atoms with van der Waals surface area (Å²) in [5, 5.41) is 8.85. The average molecular weight is 216 g/mol.